The van der Waals surface area contributed by atoms with Crippen LogP contribution in [0.15, 0.2) is 140 Å². The largest absolute Gasteiger partial charge is 0.265 e. The molecule has 6 unspecified atom stereocenters. The fraction of sp³-hybridized carbons (Fsp3) is 0.607. The van der Waals surface area contributed by atoms with Crippen molar-refractivity contribution < 1.29 is 4.39 Å². The first kappa shape index (κ1) is 85.5. The van der Waals surface area contributed by atoms with Crippen molar-refractivity contribution in [2.45, 2.75) is 308 Å². The smallest absolute Gasteiger partial charge is 0.126 e. The SMILES string of the molecule is CC(C)(C)CC1CC1.CC(CC(C)(C)C)c1ccccc1.CC(CC(C)(C)C)c1ccncc1.Cc1ccc(C(C)CC(C)(C)C)c(Cl)c1.Cc1ccc(C(C)CC(C)(C)C)cc1.Cc1ccc(C(C)CC(C)(C)C)cc1.Cc1ccc(C(C)CC(C)(C)C)cc1F. The molecule has 0 radical (unpaired) electrons. The molecule has 1 nitrogen and oxygen atoms in total. The monoisotopic (exact) mass is 1280 g/mol. The third kappa shape index (κ3) is 42.7. The highest BCUT2D eigenvalue weighted by atomic mass is 35.5. The zero-order valence-electron chi connectivity index (χ0n) is 65.4. The van der Waals surface area contributed by atoms with Crippen LogP contribution in [0.2, 0.25) is 5.02 Å². The van der Waals surface area contributed by atoms with E-state index in [1.54, 1.807) is 13.0 Å². The molecule has 516 valence electrons. The topological polar surface area (TPSA) is 12.9 Å². The number of aryl methyl sites for hydroxylation is 4. The molecule has 1 saturated carbocycles. The molecule has 0 saturated heterocycles. The molecule has 1 aromatic heterocycles. The van der Waals surface area contributed by atoms with Gasteiger partial charge in [-0.1, -0.05) is 326 Å². The quantitative estimate of drug-likeness (QED) is 0.112. The van der Waals surface area contributed by atoms with Crippen LogP contribution >= 0.6 is 11.6 Å². The van der Waals surface area contributed by atoms with E-state index in [4.69, 9.17) is 11.6 Å². The molecule has 1 fully saturated rings. The summed E-state index contributed by atoms with van der Waals surface area (Å²) >= 11 is 6.25. The van der Waals surface area contributed by atoms with Crippen LogP contribution in [-0.2, 0) is 0 Å². The number of pyridine rings is 1. The van der Waals surface area contributed by atoms with E-state index < -0.39 is 0 Å². The van der Waals surface area contributed by atoms with Crippen LogP contribution in [0.3, 0.4) is 0 Å². The summed E-state index contributed by atoms with van der Waals surface area (Å²) in [6.45, 7) is 69.8. The lowest BCUT2D eigenvalue weighted by molar-refractivity contribution is 0.348. The maximum Gasteiger partial charge on any atom is 0.126 e. The van der Waals surface area contributed by atoms with E-state index in [1.807, 2.05) is 24.5 Å². The number of aromatic nitrogens is 1. The summed E-state index contributed by atoms with van der Waals surface area (Å²) < 4.78 is 13.4. The zero-order valence-corrected chi connectivity index (χ0v) is 66.1. The fourth-order valence-electron chi connectivity index (χ4n) is 12.6. The summed E-state index contributed by atoms with van der Waals surface area (Å²) in [5.41, 5.74) is 15.7. The van der Waals surface area contributed by atoms with E-state index >= 15 is 0 Å². The molecule has 6 aromatic rings. The van der Waals surface area contributed by atoms with Gasteiger partial charge in [-0.2, -0.15) is 0 Å². The minimum absolute atomic E-state index is 0.0896. The first-order chi connectivity index (χ1) is 41.9. The van der Waals surface area contributed by atoms with Crippen molar-refractivity contribution >= 4 is 11.6 Å². The molecule has 1 aliphatic carbocycles. The van der Waals surface area contributed by atoms with Crippen molar-refractivity contribution in [2.24, 2.45) is 43.8 Å². The molecular weight excluding hydrogens is 1140 g/mol. The van der Waals surface area contributed by atoms with Crippen molar-refractivity contribution in [1.29, 1.82) is 0 Å². The highest BCUT2D eigenvalue weighted by Gasteiger charge is 2.27. The second kappa shape index (κ2) is 38.9. The van der Waals surface area contributed by atoms with Gasteiger partial charge < -0.3 is 0 Å². The first-order valence-electron chi connectivity index (χ1n) is 35.5. The van der Waals surface area contributed by atoms with Crippen molar-refractivity contribution in [3.05, 3.63) is 206 Å². The van der Waals surface area contributed by atoms with Crippen molar-refractivity contribution in [3.8, 4) is 0 Å². The van der Waals surface area contributed by atoms with Crippen LogP contribution in [0.25, 0.3) is 0 Å². The molecule has 1 aliphatic rings. The molecule has 0 aliphatic heterocycles. The highest BCUT2D eigenvalue weighted by molar-refractivity contribution is 6.31. The number of benzene rings is 5. The average Bonchev–Trinajstić information content (AvgIpc) is 2.68. The van der Waals surface area contributed by atoms with Gasteiger partial charge in [-0.05, 0) is 221 Å². The number of hydrogen-bond donors (Lipinski definition) is 0. The maximum atomic E-state index is 13.4. The summed E-state index contributed by atoms with van der Waals surface area (Å²) in [6, 6.07) is 44.7. The summed E-state index contributed by atoms with van der Waals surface area (Å²) in [4.78, 5) is 4.02. The lowest BCUT2D eigenvalue weighted by Crippen LogP contribution is -2.10. The van der Waals surface area contributed by atoms with Gasteiger partial charge in [-0.3, -0.25) is 4.98 Å². The van der Waals surface area contributed by atoms with Gasteiger partial charge in [-0.15, -0.1) is 0 Å². The molecule has 0 N–H and O–H groups in total. The van der Waals surface area contributed by atoms with Gasteiger partial charge in [0.2, 0.25) is 0 Å². The molecule has 6 atom stereocenters. The Morgan fingerprint density at radius 1 is 0.359 bits per heavy atom. The van der Waals surface area contributed by atoms with E-state index in [1.165, 1.54) is 89.5 Å². The van der Waals surface area contributed by atoms with Crippen LogP contribution in [0, 0.1) is 77.3 Å². The van der Waals surface area contributed by atoms with Crippen LogP contribution in [0.5, 0.6) is 0 Å². The van der Waals surface area contributed by atoms with Crippen molar-refractivity contribution in [3.63, 3.8) is 0 Å². The van der Waals surface area contributed by atoms with E-state index in [2.05, 4.69) is 322 Å². The van der Waals surface area contributed by atoms with Crippen LogP contribution in [-0.4, -0.2) is 4.98 Å². The predicted molar refractivity (Wildman–Crippen MR) is 412 cm³/mol. The molecule has 0 bridgehead atoms. The van der Waals surface area contributed by atoms with Crippen molar-refractivity contribution in [1.82, 2.24) is 4.98 Å². The summed E-state index contributed by atoms with van der Waals surface area (Å²) in [6.07, 6.45) is 15.4. The van der Waals surface area contributed by atoms with Gasteiger partial charge in [0.05, 0.1) is 0 Å². The molecule has 92 heavy (non-hydrogen) atoms. The Hall–Kier alpha value is -4.53. The second-order valence-electron chi connectivity index (χ2n) is 36.7. The molecule has 3 heteroatoms. The molecule has 0 amide bonds. The number of nitrogens with zero attached hydrogens (tertiary/aromatic N) is 1. The summed E-state index contributed by atoms with van der Waals surface area (Å²) in [5.74, 6) is 4.57. The highest BCUT2D eigenvalue weighted by Crippen LogP contribution is 2.40. The molecule has 0 spiro atoms. The minimum atomic E-state index is -0.0896. The maximum absolute atomic E-state index is 13.4. The third-order valence-corrected chi connectivity index (χ3v) is 16.8. The average molecular weight is 1280 g/mol. The molecule has 1 heterocycles. The first-order valence-corrected chi connectivity index (χ1v) is 35.9. The number of halogens is 2. The van der Waals surface area contributed by atoms with Gasteiger partial charge in [0, 0.05) is 17.4 Å². The predicted octanol–water partition coefficient (Wildman–Crippen LogP) is 29.6. The molecular formula is C89H141ClFN. The van der Waals surface area contributed by atoms with Gasteiger partial charge >= 0.3 is 0 Å². The van der Waals surface area contributed by atoms with Gasteiger partial charge in [0.25, 0.3) is 0 Å². The van der Waals surface area contributed by atoms with E-state index in [0.29, 0.717) is 73.4 Å². The van der Waals surface area contributed by atoms with Gasteiger partial charge in [0.1, 0.15) is 5.82 Å². The zero-order chi connectivity index (χ0) is 70.8. The Kier molecular flexibility index (Phi) is 36.1. The Balaban J connectivity index is 0.000000540. The summed E-state index contributed by atoms with van der Waals surface area (Å²) in [5, 5.41) is 0.909. The molecule has 5 aromatic carbocycles. The lowest BCUT2D eigenvalue weighted by atomic mass is 9.82. The Morgan fingerprint density at radius 3 is 0.967 bits per heavy atom. The van der Waals surface area contributed by atoms with E-state index in [9.17, 15) is 4.39 Å². The standard InChI is InChI=1S/C14H21Cl.C14H21F.2C14H22.C13H20.C12H19N.C8H16/c1-10-6-7-12(13(15)8-10)11(2)9-14(3,4)5;1-10-6-7-12(8-13(10)15)11(2)9-14(3,4)5;2*1-11-6-8-13(9-7-11)12(2)10-14(3,4)5;1-11(10-13(2,3)4)12-8-6-5-7-9-12;1-10(9-12(2,3)4)11-5-7-13-8-6-11;1-8(2,3)6-7-4-5-7/h2*6-8,11H,9H2,1-5H3;2*6-9,12H,10H2,1-5H3;5-9,11H,10H2,1-4H3;5-8,10H,9H2,1-4H3;7H,4-6H2,1-3H3. The second-order valence-corrected chi connectivity index (χ2v) is 37.2. The third-order valence-electron chi connectivity index (χ3n) is 16.5. The Morgan fingerprint density at radius 2 is 0.663 bits per heavy atom. The normalized spacial score (nSPS) is 14.7. The Labute approximate surface area is 575 Å². The van der Waals surface area contributed by atoms with Gasteiger partial charge in [-0.25, -0.2) is 4.39 Å². The van der Waals surface area contributed by atoms with Crippen molar-refractivity contribution in [2.75, 3.05) is 0 Å². The number of rotatable bonds is 13. The van der Waals surface area contributed by atoms with Crippen LogP contribution in [0.4, 0.5) is 4.39 Å². The Bertz CT molecular complexity index is 2780. The van der Waals surface area contributed by atoms with Gasteiger partial charge in [0.15, 0.2) is 0 Å². The van der Waals surface area contributed by atoms with Crippen LogP contribution in [0.1, 0.15) is 336 Å². The lowest BCUT2D eigenvalue weighted by Gasteiger charge is -2.24. The summed E-state index contributed by atoms with van der Waals surface area (Å²) in [7, 11) is 0. The minimum Gasteiger partial charge on any atom is -0.265 e. The van der Waals surface area contributed by atoms with E-state index in [-0.39, 0.29) is 5.82 Å². The molecule has 7 rings (SSSR count). The van der Waals surface area contributed by atoms with Crippen LogP contribution < -0.4 is 0 Å². The van der Waals surface area contributed by atoms with E-state index in [0.717, 1.165) is 34.9 Å². The number of hydrogen-bond acceptors (Lipinski definition) is 1. The fourth-order valence-corrected chi connectivity index (χ4v) is 13.0.